The Kier molecular flexibility index (Phi) is 3.72. The molecule has 1 aromatic carbocycles. The van der Waals surface area contributed by atoms with Crippen molar-refractivity contribution in [1.82, 2.24) is 9.88 Å². The third-order valence-electron chi connectivity index (χ3n) is 4.48. The van der Waals surface area contributed by atoms with E-state index in [2.05, 4.69) is 16.0 Å². The first-order valence-electron chi connectivity index (χ1n) is 7.63. The average molecular weight is 286 g/mol. The number of aromatic carboxylic acids is 1. The molecule has 1 aliphatic rings. The fourth-order valence-corrected chi connectivity index (χ4v) is 3.39. The van der Waals surface area contributed by atoms with E-state index in [1.54, 1.807) is 6.07 Å². The number of benzene rings is 1. The maximum Gasteiger partial charge on any atom is 0.337 e. The molecule has 0 atom stereocenters. The number of rotatable bonds is 4. The van der Waals surface area contributed by atoms with Crippen molar-refractivity contribution >= 4 is 16.9 Å². The smallest absolute Gasteiger partial charge is 0.337 e. The lowest BCUT2D eigenvalue weighted by molar-refractivity contribution is 0.0698. The summed E-state index contributed by atoms with van der Waals surface area (Å²) in [6.45, 7) is 7.45. The summed E-state index contributed by atoms with van der Waals surface area (Å²) in [6.07, 6.45) is 3.58. The minimum Gasteiger partial charge on any atom is -0.478 e. The highest BCUT2D eigenvalue weighted by Crippen LogP contribution is 2.27. The van der Waals surface area contributed by atoms with Crippen LogP contribution >= 0.6 is 0 Å². The van der Waals surface area contributed by atoms with E-state index in [1.165, 1.54) is 31.5 Å². The summed E-state index contributed by atoms with van der Waals surface area (Å²) in [6, 6.07) is 3.84. The lowest BCUT2D eigenvalue weighted by Gasteiger charge is -2.14. The molecular weight excluding hydrogens is 264 g/mol. The fraction of sp³-hybridized carbons (Fsp3) is 0.471. The second kappa shape index (κ2) is 5.53. The quantitative estimate of drug-likeness (QED) is 0.908. The zero-order chi connectivity index (χ0) is 15.0. The van der Waals surface area contributed by atoms with Gasteiger partial charge in [-0.25, -0.2) is 4.79 Å². The Morgan fingerprint density at radius 2 is 2.00 bits per heavy atom. The van der Waals surface area contributed by atoms with Crippen LogP contribution in [0.5, 0.6) is 0 Å². The molecule has 2 N–H and O–H groups in total. The molecule has 0 unspecified atom stereocenters. The normalized spacial score (nSPS) is 15.9. The molecule has 2 aromatic rings. The summed E-state index contributed by atoms with van der Waals surface area (Å²) in [5, 5.41) is 10.5. The molecule has 112 valence electrons. The molecule has 3 rings (SSSR count). The maximum absolute atomic E-state index is 11.4. The molecule has 1 fully saturated rings. The number of carboxylic acid groups (broad SMARTS) is 1. The van der Waals surface area contributed by atoms with Gasteiger partial charge < -0.3 is 15.0 Å². The van der Waals surface area contributed by atoms with Crippen LogP contribution in [0.25, 0.3) is 10.9 Å². The number of nitrogens with zero attached hydrogens (tertiary/aromatic N) is 1. The van der Waals surface area contributed by atoms with Crippen LogP contribution in [0.3, 0.4) is 0 Å². The average Bonchev–Trinajstić information content (AvgIpc) is 3.03. The van der Waals surface area contributed by atoms with Gasteiger partial charge in [0.15, 0.2) is 0 Å². The second-order valence-corrected chi connectivity index (χ2v) is 6.07. The highest BCUT2D eigenvalue weighted by atomic mass is 16.4. The van der Waals surface area contributed by atoms with Crippen LogP contribution in [0.2, 0.25) is 0 Å². The molecule has 1 aromatic heterocycles. The fourth-order valence-electron chi connectivity index (χ4n) is 3.39. The number of hydrogen-bond acceptors (Lipinski definition) is 2. The monoisotopic (exact) mass is 286 g/mol. The standard InChI is InChI=1S/C17H22N2O2/c1-11-9-14-13(5-8-19-6-3-4-7-19)12(2)18-16(14)15(10-11)17(20)21/h9-10,18H,3-8H2,1-2H3,(H,20,21). The van der Waals surface area contributed by atoms with Gasteiger partial charge in [0.2, 0.25) is 0 Å². The number of nitrogens with one attached hydrogen (secondary N) is 1. The van der Waals surface area contributed by atoms with Crippen molar-refractivity contribution in [3.63, 3.8) is 0 Å². The van der Waals surface area contributed by atoms with Gasteiger partial charge in [-0.2, -0.15) is 0 Å². The van der Waals surface area contributed by atoms with Crippen LogP contribution in [-0.4, -0.2) is 40.6 Å². The lowest BCUT2D eigenvalue weighted by Crippen LogP contribution is -2.22. The number of aromatic nitrogens is 1. The number of carboxylic acids is 1. The number of hydrogen-bond donors (Lipinski definition) is 2. The van der Waals surface area contributed by atoms with Crippen LogP contribution in [0.15, 0.2) is 12.1 Å². The van der Waals surface area contributed by atoms with E-state index < -0.39 is 5.97 Å². The van der Waals surface area contributed by atoms with Gasteiger partial charge in [-0.05, 0) is 69.5 Å². The Labute approximate surface area is 124 Å². The molecule has 21 heavy (non-hydrogen) atoms. The topological polar surface area (TPSA) is 56.3 Å². The number of fused-ring (bicyclic) bond motifs is 1. The number of aromatic amines is 1. The van der Waals surface area contributed by atoms with E-state index in [4.69, 9.17) is 0 Å². The van der Waals surface area contributed by atoms with Crippen molar-refractivity contribution in [3.8, 4) is 0 Å². The summed E-state index contributed by atoms with van der Waals surface area (Å²) in [4.78, 5) is 17.2. The number of aryl methyl sites for hydroxylation is 2. The zero-order valence-corrected chi connectivity index (χ0v) is 12.7. The molecule has 1 aliphatic heterocycles. The minimum atomic E-state index is -0.865. The molecule has 0 radical (unpaired) electrons. The Hall–Kier alpha value is -1.81. The van der Waals surface area contributed by atoms with Gasteiger partial charge in [-0.3, -0.25) is 0 Å². The van der Waals surface area contributed by atoms with Crippen LogP contribution < -0.4 is 0 Å². The highest BCUT2D eigenvalue weighted by Gasteiger charge is 2.17. The highest BCUT2D eigenvalue weighted by molar-refractivity contribution is 6.03. The van der Waals surface area contributed by atoms with Crippen LogP contribution in [0.1, 0.15) is 40.0 Å². The van der Waals surface area contributed by atoms with E-state index in [0.29, 0.717) is 5.56 Å². The molecule has 0 spiro atoms. The van der Waals surface area contributed by atoms with E-state index in [0.717, 1.165) is 35.1 Å². The Morgan fingerprint density at radius 3 is 2.67 bits per heavy atom. The molecule has 0 saturated carbocycles. The first-order valence-corrected chi connectivity index (χ1v) is 7.63. The third kappa shape index (κ3) is 2.68. The molecule has 4 heteroatoms. The first-order chi connectivity index (χ1) is 10.1. The van der Waals surface area contributed by atoms with Crippen LogP contribution in [0, 0.1) is 13.8 Å². The van der Waals surface area contributed by atoms with Crippen LogP contribution in [0.4, 0.5) is 0 Å². The van der Waals surface area contributed by atoms with Crippen LogP contribution in [-0.2, 0) is 6.42 Å². The van der Waals surface area contributed by atoms with Gasteiger partial charge in [-0.15, -0.1) is 0 Å². The van der Waals surface area contributed by atoms with Crippen molar-refractivity contribution in [1.29, 1.82) is 0 Å². The van der Waals surface area contributed by atoms with Gasteiger partial charge in [0.25, 0.3) is 0 Å². The summed E-state index contributed by atoms with van der Waals surface area (Å²) in [5.74, 6) is -0.865. The predicted octanol–water partition coefficient (Wildman–Crippen LogP) is 3.12. The predicted molar refractivity (Wildman–Crippen MR) is 84.1 cm³/mol. The number of carbonyl (C=O) groups is 1. The molecule has 0 amide bonds. The van der Waals surface area contributed by atoms with E-state index in [-0.39, 0.29) is 0 Å². The molecule has 2 heterocycles. The van der Waals surface area contributed by atoms with Gasteiger partial charge in [0.05, 0.1) is 11.1 Å². The second-order valence-electron chi connectivity index (χ2n) is 6.07. The summed E-state index contributed by atoms with van der Waals surface area (Å²) in [7, 11) is 0. The summed E-state index contributed by atoms with van der Waals surface area (Å²) >= 11 is 0. The summed E-state index contributed by atoms with van der Waals surface area (Å²) in [5.41, 5.74) is 4.50. The maximum atomic E-state index is 11.4. The van der Waals surface area contributed by atoms with Crippen molar-refractivity contribution in [2.24, 2.45) is 0 Å². The van der Waals surface area contributed by atoms with Gasteiger partial charge in [0, 0.05) is 17.6 Å². The lowest BCUT2D eigenvalue weighted by atomic mass is 10.0. The third-order valence-corrected chi connectivity index (χ3v) is 4.48. The van der Waals surface area contributed by atoms with E-state index >= 15 is 0 Å². The summed E-state index contributed by atoms with van der Waals surface area (Å²) < 4.78 is 0. The van der Waals surface area contributed by atoms with Crippen molar-refractivity contribution in [3.05, 3.63) is 34.5 Å². The van der Waals surface area contributed by atoms with E-state index in [1.807, 2.05) is 13.8 Å². The van der Waals surface area contributed by atoms with Crippen molar-refractivity contribution < 1.29 is 9.90 Å². The first kappa shape index (κ1) is 14.1. The van der Waals surface area contributed by atoms with Gasteiger partial charge >= 0.3 is 5.97 Å². The van der Waals surface area contributed by atoms with Gasteiger partial charge in [-0.1, -0.05) is 0 Å². The molecule has 1 saturated heterocycles. The van der Waals surface area contributed by atoms with Crippen molar-refractivity contribution in [2.75, 3.05) is 19.6 Å². The molecule has 0 bridgehead atoms. The Morgan fingerprint density at radius 1 is 1.29 bits per heavy atom. The molecule has 0 aliphatic carbocycles. The Bertz CT molecular complexity index is 682. The molecular formula is C17H22N2O2. The number of likely N-dealkylation sites (tertiary alicyclic amines) is 1. The number of H-pyrrole nitrogens is 1. The SMILES string of the molecule is Cc1cc(C(=O)O)c2[nH]c(C)c(CCN3CCCC3)c2c1. The Balaban J connectivity index is 1.97. The largest absolute Gasteiger partial charge is 0.478 e. The minimum absolute atomic E-state index is 0.375. The van der Waals surface area contributed by atoms with Crippen molar-refractivity contribution in [2.45, 2.75) is 33.1 Å². The molecule has 4 nitrogen and oxygen atoms in total. The van der Waals surface area contributed by atoms with E-state index in [9.17, 15) is 9.90 Å². The zero-order valence-electron chi connectivity index (χ0n) is 12.7. The van der Waals surface area contributed by atoms with Gasteiger partial charge in [0.1, 0.15) is 0 Å².